The number of amides is 3. The van der Waals surface area contributed by atoms with Crippen LogP contribution < -0.4 is 10.6 Å². The van der Waals surface area contributed by atoms with Gasteiger partial charge in [0.25, 0.3) is 11.8 Å². The van der Waals surface area contributed by atoms with Crippen molar-refractivity contribution in [2.75, 3.05) is 16.8 Å². The lowest BCUT2D eigenvalue weighted by atomic mass is 10.0. The topological polar surface area (TPSA) is 176 Å². The Morgan fingerprint density at radius 3 is 2.89 bits per heavy atom. The van der Waals surface area contributed by atoms with E-state index in [1.165, 1.54) is 45.1 Å². The minimum Gasteiger partial charge on any atom is -0.477 e. The Morgan fingerprint density at radius 1 is 1.42 bits per heavy atom. The lowest BCUT2D eigenvalue weighted by Crippen LogP contribution is -2.71. The lowest BCUT2D eigenvalue weighted by Gasteiger charge is -2.49. The fraction of sp³-hybridized carbons (Fsp3) is 0.368. The van der Waals surface area contributed by atoms with Crippen LogP contribution in [0.2, 0.25) is 0 Å². The molecule has 0 radical (unpaired) electrons. The van der Waals surface area contributed by atoms with Gasteiger partial charge in [0.05, 0.1) is 0 Å². The Bertz CT molecular complexity index is 1230. The number of aromatic nitrogens is 3. The molecule has 36 heavy (non-hydrogen) atoms. The van der Waals surface area contributed by atoms with Crippen LogP contribution in [0, 0.1) is 0 Å². The van der Waals surface area contributed by atoms with Crippen LogP contribution in [0.5, 0.6) is 0 Å². The number of carbonyl (C=O) groups is 4. The fourth-order valence-corrected chi connectivity index (χ4v) is 6.87. The molecule has 0 bridgehead atoms. The van der Waals surface area contributed by atoms with E-state index in [2.05, 4.69) is 31.0 Å². The maximum atomic E-state index is 13.1. The summed E-state index contributed by atoms with van der Waals surface area (Å²) in [5.41, 5.74) is 2.08. The number of fused-ring (bicyclic) bond motifs is 1. The summed E-state index contributed by atoms with van der Waals surface area (Å²) in [6.45, 7) is 3.46. The fourth-order valence-electron chi connectivity index (χ4n) is 3.24. The number of thioether (sulfide) groups is 2. The number of nitrogens with one attached hydrogen (secondary N) is 2. The molecule has 2 atom stereocenters. The molecule has 0 aromatic carbocycles. The molecule has 3 amide bonds. The van der Waals surface area contributed by atoms with Crippen molar-refractivity contribution in [3.05, 3.63) is 27.9 Å². The second-order valence-electron chi connectivity index (χ2n) is 7.51. The molecule has 2 aliphatic heterocycles. The van der Waals surface area contributed by atoms with Crippen LogP contribution in [-0.2, 0) is 24.0 Å². The number of oxime groups is 1. The molecule has 190 valence electrons. The summed E-state index contributed by atoms with van der Waals surface area (Å²) in [5.74, 6) is -1.74. The van der Waals surface area contributed by atoms with Gasteiger partial charge in [-0.05, 0) is 19.4 Å². The molecule has 4 rings (SSSR count). The van der Waals surface area contributed by atoms with Crippen LogP contribution >= 0.6 is 46.2 Å². The van der Waals surface area contributed by atoms with Gasteiger partial charge in [0, 0.05) is 16.9 Å². The molecule has 1 saturated heterocycles. The number of carbonyl (C=O) groups excluding carboxylic acids is 3. The molecule has 17 heteroatoms. The Kier molecular flexibility index (Phi) is 8.22. The standard InChI is InChI=1S/C19H19N7O6S4/c1-8(2)32-25-11(10-5-34-18(22-10)20-6-27)14(28)23-12-15(29)26-13(17(30)31)9(3-33-16(12)26)4-35-19-24-21-7-36-19/h5-8,12,16H,3-4H2,1-2H3,(H,23,28)(H,30,31)(H,20,22,27)/b25-11-/t12?,16-/m1/s1. The van der Waals surface area contributed by atoms with E-state index in [1.807, 2.05) is 0 Å². The third kappa shape index (κ3) is 5.53. The molecule has 1 unspecified atom stereocenters. The largest absolute Gasteiger partial charge is 0.477 e. The minimum atomic E-state index is -1.21. The number of β-lactam (4-membered cyclic amide) rings is 1. The van der Waals surface area contributed by atoms with E-state index < -0.39 is 29.2 Å². The van der Waals surface area contributed by atoms with E-state index in [0.717, 1.165) is 11.3 Å². The van der Waals surface area contributed by atoms with Gasteiger partial charge in [0.15, 0.2) is 15.2 Å². The average molecular weight is 570 g/mol. The summed E-state index contributed by atoms with van der Waals surface area (Å²) in [6.07, 6.45) is 0.133. The van der Waals surface area contributed by atoms with Crippen LogP contribution in [0.3, 0.4) is 0 Å². The van der Waals surface area contributed by atoms with Gasteiger partial charge in [-0.2, -0.15) is 0 Å². The molecule has 13 nitrogen and oxygen atoms in total. The predicted molar refractivity (Wildman–Crippen MR) is 135 cm³/mol. The van der Waals surface area contributed by atoms with Crippen molar-refractivity contribution in [3.8, 4) is 0 Å². The third-order valence-electron chi connectivity index (χ3n) is 4.75. The highest BCUT2D eigenvalue weighted by atomic mass is 32.2. The molecular formula is C19H19N7O6S4. The van der Waals surface area contributed by atoms with Crippen molar-refractivity contribution in [3.63, 3.8) is 0 Å². The number of aliphatic carboxylic acids is 1. The van der Waals surface area contributed by atoms with Gasteiger partial charge in [-0.3, -0.25) is 19.3 Å². The zero-order valence-electron chi connectivity index (χ0n) is 18.7. The van der Waals surface area contributed by atoms with Gasteiger partial charge in [-0.1, -0.05) is 28.3 Å². The van der Waals surface area contributed by atoms with Crippen molar-refractivity contribution in [2.24, 2.45) is 5.16 Å². The summed E-state index contributed by atoms with van der Waals surface area (Å²) < 4.78 is 0.698. The third-order valence-corrected chi connectivity index (χ3v) is 8.81. The van der Waals surface area contributed by atoms with Crippen LogP contribution in [0.1, 0.15) is 19.5 Å². The van der Waals surface area contributed by atoms with Crippen molar-refractivity contribution in [1.82, 2.24) is 25.4 Å². The molecule has 2 aromatic heterocycles. The monoisotopic (exact) mass is 569 g/mol. The number of hydrogen-bond acceptors (Lipinski definition) is 13. The molecule has 0 aliphatic carbocycles. The van der Waals surface area contributed by atoms with Gasteiger partial charge < -0.3 is 20.6 Å². The van der Waals surface area contributed by atoms with Gasteiger partial charge in [-0.25, -0.2) is 9.78 Å². The zero-order valence-corrected chi connectivity index (χ0v) is 22.0. The molecule has 2 aliphatic rings. The van der Waals surface area contributed by atoms with E-state index >= 15 is 0 Å². The summed E-state index contributed by atoms with van der Waals surface area (Å²) in [4.78, 5) is 59.4. The number of carboxylic acids is 1. The Morgan fingerprint density at radius 2 is 2.22 bits per heavy atom. The minimum absolute atomic E-state index is 0.0765. The first-order chi connectivity index (χ1) is 17.3. The first-order valence-corrected chi connectivity index (χ1v) is 14.1. The maximum Gasteiger partial charge on any atom is 0.352 e. The molecule has 3 N–H and O–H groups in total. The van der Waals surface area contributed by atoms with Crippen molar-refractivity contribution >= 4 is 81.2 Å². The molecule has 2 aromatic rings. The number of carboxylic acid groups (broad SMARTS) is 1. The quantitative estimate of drug-likeness (QED) is 0.117. The first kappa shape index (κ1) is 26.1. The van der Waals surface area contributed by atoms with Gasteiger partial charge in [0.1, 0.15) is 34.4 Å². The summed E-state index contributed by atoms with van der Waals surface area (Å²) in [6, 6.07) is -0.954. The van der Waals surface area contributed by atoms with E-state index in [4.69, 9.17) is 4.84 Å². The van der Waals surface area contributed by atoms with Gasteiger partial charge in [0.2, 0.25) is 6.41 Å². The Labute approximate surface area is 220 Å². The van der Waals surface area contributed by atoms with Crippen LogP contribution in [0.4, 0.5) is 5.13 Å². The Hall–Kier alpha value is -3.02. The summed E-state index contributed by atoms with van der Waals surface area (Å²) in [5, 5.41) is 27.6. The smallest absolute Gasteiger partial charge is 0.352 e. The van der Waals surface area contributed by atoms with E-state index in [-0.39, 0.29) is 28.3 Å². The number of nitrogens with zero attached hydrogens (tertiary/aromatic N) is 5. The highest BCUT2D eigenvalue weighted by Crippen LogP contribution is 2.41. The number of anilines is 1. The van der Waals surface area contributed by atoms with Gasteiger partial charge in [-0.15, -0.1) is 33.3 Å². The highest BCUT2D eigenvalue weighted by Gasteiger charge is 2.54. The van der Waals surface area contributed by atoms with Crippen molar-refractivity contribution < 1.29 is 29.1 Å². The molecule has 4 heterocycles. The second kappa shape index (κ2) is 11.4. The van der Waals surface area contributed by atoms with Crippen molar-refractivity contribution in [2.45, 2.75) is 35.7 Å². The summed E-state index contributed by atoms with van der Waals surface area (Å²) >= 11 is 5.14. The molecule has 0 spiro atoms. The maximum absolute atomic E-state index is 13.1. The normalized spacial score (nSPS) is 19.6. The van der Waals surface area contributed by atoms with Crippen LogP contribution in [0.15, 0.2) is 31.7 Å². The Balaban J connectivity index is 1.50. The second-order valence-corrected chi connectivity index (χ2v) is 11.5. The predicted octanol–water partition coefficient (Wildman–Crippen LogP) is 1.22. The number of rotatable bonds is 11. The number of hydrogen-bond donors (Lipinski definition) is 3. The molecule has 1 fully saturated rings. The van der Waals surface area contributed by atoms with Crippen molar-refractivity contribution in [1.29, 1.82) is 0 Å². The zero-order chi connectivity index (χ0) is 25.8. The summed E-state index contributed by atoms with van der Waals surface area (Å²) in [7, 11) is 0. The SMILES string of the molecule is CC(C)O/N=C(\C(=O)NC1C(=O)N2C(C(=O)O)=C(CSc3nncs3)CS[C@H]12)c1csc(NC=O)n1. The van der Waals surface area contributed by atoms with Crippen LogP contribution in [0.25, 0.3) is 0 Å². The van der Waals surface area contributed by atoms with E-state index in [1.54, 1.807) is 19.4 Å². The van der Waals surface area contributed by atoms with Crippen LogP contribution in [-0.4, -0.2) is 84.1 Å². The highest BCUT2D eigenvalue weighted by molar-refractivity contribution is 8.01. The number of thiazole rings is 1. The average Bonchev–Trinajstić information content (AvgIpc) is 3.53. The lowest BCUT2D eigenvalue weighted by molar-refractivity contribution is -0.150. The van der Waals surface area contributed by atoms with Gasteiger partial charge >= 0.3 is 5.97 Å². The molecular weight excluding hydrogens is 551 g/mol. The first-order valence-electron chi connectivity index (χ1n) is 10.3. The molecule has 0 saturated carbocycles. The van der Waals surface area contributed by atoms with E-state index in [9.17, 15) is 24.3 Å². The van der Waals surface area contributed by atoms with E-state index in [0.29, 0.717) is 27.8 Å².